The Balaban J connectivity index is 1.84. The van der Waals surface area contributed by atoms with E-state index < -0.39 is 0 Å². The summed E-state index contributed by atoms with van der Waals surface area (Å²) in [5, 5.41) is 3.14. The van der Waals surface area contributed by atoms with Crippen LogP contribution in [0.15, 0.2) is 0 Å². The maximum Gasteiger partial charge on any atom is 0.223 e. The Hall–Kier alpha value is -0.610. The molecule has 2 fully saturated rings. The molecule has 5 unspecified atom stereocenters. The molecule has 1 heterocycles. The first-order valence-corrected chi connectivity index (χ1v) is 7.25. The zero-order valence-electron chi connectivity index (χ0n) is 11.5. The molecule has 1 aliphatic carbocycles. The second kappa shape index (κ2) is 6.02. The lowest BCUT2D eigenvalue weighted by Gasteiger charge is -2.31. The highest BCUT2D eigenvalue weighted by molar-refractivity contribution is 5.79. The highest BCUT2D eigenvalue weighted by Gasteiger charge is 2.32. The summed E-state index contributed by atoms with van der Waals surface area (Å²) in [4.78, 5) is 12.2. The SMILES string of the molecule is CC1OCCC1NC(=O)C(C)C1CCCC(N)C1. The van der Waals surface area contributed by atoms with Gasteiger partial charge in [-0.3, -0.25) is 4.79 Å². The first kappa shape index (κ1) is 13.8. The Morgan fingerprint density at radius 2 is 2.17 bits per heavy atom. The number of hydrogen-bond acceptors (Lipinski definition) is 3. The van der Waals surface area contributed by atoms with E-state index in [2.05, 4.69) is 5.32 Å². The molecule has 0 aromatic rings. The lowest BCUT2D eigenvalue weighted by Crippen LogP contribution is -2.44. The molecular weight excluding hydrogens is 228 g/mol. The molecule has 0 radical (unpaired) electrons. The molecule has 1 amide bonds. The molecule has 104 valence electrons. The molecule has 5 atom stereocenters. The number of hydrogen-bond donors (Lipinski definition) is 2. The van der Waals surface area contributed by atoms with Crippen LogP contribution in [0, 0.1) is 11.8 Å². The molecular formula is C14H26N2O2. The fourth-order valence-corrected chi connectivity index (χ4v) is 3.17. The van der Waals surface area contributed by atoms with E-state index >= 15 is 0 Å². The lowest BCUT2D eigenvalue weighted by molar-refractivity contribution is -0.127. The number of nitrogens with two attached hydrogens (primary N) is 1. The van der Waals surface area contributed by atoms with Crippen LogP contribution in [0.1, 0.15) is 46.0 Å². The first-order valence-electron chi connectivity index (χ1n) is 7.25. The summed E-state index contributed by atoms with van der Waals surface area (Å²) in [6, 6.07) is 0.477. The van der Waals surface area contributed by atoms with Crippen LogP contribution in [-0.4, -0.2) is 30.7 Å². The van der Waals surface area contributed by atoms with Crippen LogP contribution in [-0.2, 0) is 9.53 Å². The summed E-state index contributed by atoms with van der Waals surface area (Å²) < 4.78 is 5.47. The Labute approximate surface area is 110 Å². The predicted molar refractivity (Wildman–Crippen MR) is 71.1 cm³/mol. The largest absolute Gasteiger partial charge is 0.376 e. The van der Waals surface area contributed by atoms with Crippen molar-refractivity contribution in [2.45, 2.75) is 64.1 Å². The third-order valence-corrected chi connectivity index (χ3v) is 4.58. The topological polar surface area (TPSA) is 64.3 Å². The molecule has 4 heteroatoms. The third kappa shape index (κ3) is 3.23. The van der Waals surface area contributed by atoms with Gasteiger partial charge in [0.1, 0.15) is 0 Å². The maximum atomic E-state index is 12.2. The minimum absolute atomic E-state index is 0.0733. The van der Waals surface area contributed by atoms with Crippen molar-refractivity contribution in [1.29, 1.82) is 0 Å². The molecule has 0 aromatic heterocycles. The van der Waals surface area contributed by atoms with Gasteiger partial charge >= 0.3 is 0 Å². The van der Waals surface area contributed by atoms with Crippen LogP contribution in [0.5, 0.6) is 0 Å². The van der Waals surface area contributed by atoms with Gasteiger partial charge in [-0.2, -0.15) is 0 Å². The van der Waals surface area contributed by atoms with Crippen molar-refractivity contribution in [3.8, 4) is 0 Å². The Morgan fingerprint density at radius 1 is 1.39 bits per heavy atom. The minimum Gasteiger partial charge on any atom is -0.376 e. The standard InChI is InChI=1S/C14H26N2O2/c1-9(11-4-3-5-12(15)8-11)14(17)16-13-6-7-18-10(13)2/h9-13H,3-8,15H2,1-2H3,(H,16,17). The summed E-state index contributed by atoms with van der Waals surface area (Å²) in [5.74, 6) is 0.701. The molecule has 1 aliphatic heterocycles. The van der Waals surface area contributed by atoms with Gasteiger partial charge in [0, 0.05) is 18.6 Å². The summed E-state index contributed by atoms with van der Waals surface area (Å²) >= 11 is 0. The van der Waals surface area contributed by atoms with Crippen molar-refractivity contribution in [3.63, 3.8) is 0 Å². The van der Waals surface area contributed by atoms with Gasteiger partial charge in [0.2, 0.25) is 5.91 Å². The smallest absolute Gasteiger partial charge is 0.223 e. The second-order valence-electron chi connectivity index (χ2n) is 5.96. The highest BCUT2D eigenvalue weighted by atomic mass is 16.5. The van der Waals surface area contributed by atoms with Crippen LogP contribution in [0.25, 0.3) is 0 Å². The number of carbonyl (C=O) groups is 1. The van der Waals surface area contributed by atoms with Crippen molar-refractivity contribution in [2.75, 3.05) is 6.61 Å². The molecule has 0 spiro atoms. The van der Waals surface area contributed by atoms with Crippen molar-refractivity contribution < 1.29 is 9.53 Å². The second-order valence-corrected chi connectivity index (χ2v) is 5.96. The fraction of sp³-hybridized carbons (Fsp3) is 0.929. The molecule has 1 saturated carbocycles. The van der Waals surface area contributed by atoms with Crippen LogP contribution in [0.2, 0.25) is 0 Å². The van der Waals surface area contributed by atoms with Crippen molar-refractivity contribution in [2.24, 2.45) is 17.6 Å². The molecule has 4 nitrogen and oxygen atoms in total. The minimum atomic E-state index is 0.0733. The molecule has 3 N–H and O–H groups in total. The van der Waals surface area contributed by atoms with E-state index in [9.17, 15) is 4.79 Å². The van der Waals surface area contributed by atoms with E-state index in [1.165, 1.54) is 0 Å². The van der Waals surface area contributed by atoms with E-state index in [1.807, 2.05) is 13.8 Å². The molecule has 0 bridgehead atoms. The average Bonchev–Trinajstić information content (AvgIpc) is 2.74. The van der Waals surface area contributed by atoms with Crippen LogP contribution in [0.3, 0.4) is 0 Å². The fourth-order valence-electron chi connectivity index (χ4n) is 3.17. The monoisotopic (exact) mass is 254 g/mol. The van der Waals surface area contributed by atoms with E-state index in [0.717, 1.165) is 38.7 Å². The van der Waals surface area contributed by atoms with Gasteiger partial charge in [-0.1, -0.05) is 13.3 Å². The molecule has 2 rings (SSSR count). The Bertz CT molecular complexity index is 296. The normalized spacial score (nSPS) is 38.4. The molecule has 0 aromatic carbocycles. The van der Waals surface area contributed by atoms with Crippen molar-refractivity contribution in [1.82, 2.24) is 5.32 Å². The van der Waals surface area contributed by atoms with Gasteiger partial charge in [0.15, 0.2) is 0 Å². The quantitative estimate of drug-likeness (QED) is 0.801. The summed E-state index contributed by atoms with van der Waals surface area (Å²) in [7, 11) is 0. The van der Waals surface area contributed by atoms with E-state index in [-0.39, 0.29) is 30.0 Å². The van der Waals surface area contributed by atoms with Crippen molar-refractivity contribution in [3.05, 3.63) is 0 Å². The predicted octanol–water partition coefficient (Wildman–Crippen LogP) is 1.43. The molecule has 1 saturated heterocycles. The summed E-state index contributed by atoms with van der Waals surface area (Å²) in [6.07, 6.45) is 5.48. The third-order valence-electron chi connectivity index (χ3n) is 4.58. The zero-order chi connectivity index (χ0) is 13.1. The van der Waals surface area contributed by atoms with Gasteiger partial charge in [0.25, 0.3) is 0 Å². The first-order chi connectivity index (χ1) is 8.58. The Morgan fingerprint density at radius 3 is 2.78 bits per heavy atom. The van der Waals surface area contributed by atoms with Gasteiger partial charge in [-0.15, -0.1) is 0 Å². The van der Waals surface area contributed by atoms with Gasteiger partial charge < -0.3 is 15.8 Å². The Kier molecular flexibility index (Phi) is 4.62. The maximum absolute atomic E-state index is 12.2. The van der Waals surface area contributed by atoms with Crippen LogP contribution < -0.4 is 11.1 Å². The van der Waals surface area contributed by atoms with Gasteiger partial charge in [-0.05, 0) is 38.5 Å². The number of rotatable bonds is 3. The van der Waals surface area contributed by atoms with Crippen LogP contribution in [0.4, 0.5) is 0 Å². The molecule has 18 heavy (non-hydrogen) atoms. The highest BCUT2D eigenvalue weighted by Crippen LogP contribution is 2.29. The lowest BCUT2D eigenvalue weighted by atomic mass is 9.78. The van der Waals surface area contributed by atoms with E-state index in [1.54, 1.807) is 0 Å². The van der Waals surface area contributed by atoms with Crippen molar-refractivity contribution >= 4 is 5.91 Å². The number of amides is 1. The number of ether oxygens (including phenoxy) is 1. The summed E-state index contributed by atoms with van der Waals surface area (Å²) in [5.41, 5.74) is 6.00. The molecule has 2 aliphatic rings. The van der Waals surface area contributed by atoms with E-state index in [4.69, 9.17) is 10.5 Å². The number of nitrogens with one attached hydrogen (secondary N) is 1. The van der Waals surface area contributed by atoms with Gasteiger partial charge in [-0.25, -0.2) is 0 Å². The van der Waals surface area contributed by atoms with Crippen LogP contribution >= 0.6 is 0 Å². The number of carbonyl (C=O) groups excluding carboxylic acids is 1. The summed E-state index contributed by atoms with van der Waals surface area (Å²) in [6.45, 7) is 4.83. The average molecular weight is 254 g/mol. The van der Waals surface area contributed by atoms with Gasteiger partial charge in [0.05, 0.1) is 12.1 Å². The zero-order valence-corrected chi connectivity index (χ0v) is 11.5. The van der Waals surface area contributed by atoms with E-state index in [0.29, 0.717) is 5.92 Å².